The Labute approximate surface area is 208 Å². The number of benzene rings is 3. The van der Waals surface area contributed by atoms with E-state index in [1.165, 1.54) is 17.3 Å². The first-order valence-electron chi connectivity index (χ1n) is 11.3. The zero-order chi connectivity index (χ0) is 24.8. The van der Waals surface area contributed by atoms with Gasteiger partial charge in [0.15, 0.2) is 11.0 Å². The molecule has 1 heterocycles. The number of rotatable bonds is 8. The van der Waals surface area contributed by atoms with Gasteiger partial charge in [-0.1, -0.05) is 66.2 Å². The molecule has 7 nitrogen and oxygen atoms in total. The van der Waals surface area contributed by atoms with E-state index in [4.69, 9.17) is 0 Å². The molecule has 178 valence electrons. The van der Waals surface area contributed by atoms with Gasteiger partial charge in [-0.2, -0.15) is 5.10 Å². The van der Waals surface area contributed by atoms with E-state index in [1.807, 2.05) is 73.9 Å². The Kier molecular flexibility index (Phi) is 7.62. The van der Waals surface area contributed by atoms with Gasteiger partial charge in [-0.05, 0) is 62.2 Å². The lowest BCUT2D eigenvalue weighted by molar-refractivity contribution is -0.118. The van der Waals surface area contributed by atoms with E-state index in [1.54, 1.807) is 24.3 Å². The minimum atomic E-state index is -0.241. The number of hydrogen-bond acceptors (Lipinski definition) is 6. The largest absolute Gasteiger partial charge is 0.508 e. The van der Waals surface area contributed by atoms with E-state index in [0.717, 1.165) is 33.9 Å². The molecule has 0 spiro atoms. The zero-order valence-electron chi connectivity index (χ0n) is 19.9. The number of nitrogens with one attached hydrogen (secondary N) is 1. The zero-order valence-corrected chi connectivity index (χ0v) is 20.7. The molecular weight excluding hydrogens is 458 g/mol. The Morgan fingerprint density at radius 3 is 2.20 bits per heavy atom. The van der Waals surface area contributed by atoms with E-state index < -0.39 is 0 Å². The van der Waals surface area contributed by atoms with E-state index >= 15 is 0 Å². The van der Waals surface area contributed by atoms with Gasteiger partial charge in [-0.25, -0.2) is 5.43 Å². The topological polar surface area (TPSA) is 92.4 Å². The summed E-state index contributed by atoms with van der Waals surface area (Å²) in [6.07, 6.45) is 0.639. The lowest BCUT2D eigenvalue weighted by Crippen LogP contribution is -2.22. The van der Waals surface area contributed by atoms with Gasteiger partial charge >= 0.3 is 0 Å². The van der Waals surface area contributed by atoms with Gasteiger partial charge in [-0.15, -0.1) is 10.2 Å². The van der Waals surface area contributed by atoms with Gasteiger partial charge in [-0.3, -0.25) is 9.36 Å². The number of phenols is 1. The van der Waals surface area contributed by atoms with Gasteiger partial charge in [0.25, 0.3) is 5.91 Å². The van der Waals surface area contributed by atoms with Crippen molar-refractivity contribution < 1.29 is 9.90 Å². The van der Waals surface area contributed by atoms with Crippen LogP contribution in [-0.4, -0.2) is 37.2 Å². The van der Waals surface area contributed by atoms with Crippen LogP contribution in [0.15, 0.2) is 83.1 Å². The third-order valence-electron chi connectivity index (χ3n) is 5.42. The highest BCUT2D eigenvalue weighted by atomic mass is 32.2. The van der Waals surface area contributed by atoms with Crippen LogP contribution in [0.25, 0.3) is 17.1 Å². The summed E-state index contributed by atoms with van der Waals surface area (Å²) in [5.74, 6) is 0.798. The van der Waals surface area contributed by atoms with Gasteiger partial charge in [0.2, 0.25) is 0 Å². The first-order chi connectivity index (χ1) is 16.9. The number of aryl methyl sites for hydroxylation is 2. The number of aromatic hydroxyl groups is 1. The molecule has 1 aromatic heterocycles. The molecule has 0 fully saturated rings. The van der Waals surface area contributed by atoms with Gasteiger partial charge in [0.1, 0.15) is 5.75 Å². The van der Waals surface area contributed by atoms with Crippen LogP contribution in [-0.2, 0) is 4.79 Å². The highest BCUT2D eigenvalue weighted by molar-refractivity contribution is 7.99. The number of carbonyl (C=O) groups excluding carboxylic acids is 1. The molecule has 8 heteroatoms. The van der Waals surface area contributed by atoms with Gasteiger partial charge in [0.05, 0.1) is 11.5 Å². The first-order valence-corrected chi connectivity index (χ1v) is 12.3. The van der Waals surface area contributed by atoms with Gasteiger partial charge < -0.3 is 5.11 Å². The molecule has 4 rings (SSSR count). The minimum absolute atomic E-state index is 0.133. The highest BCUT2D eigenvalue weighted by Gasteiger charge is 2.17. The van der Waals surface area contributed by atoms with Crippen molar-refractivity contribution in [1.29, 1.82) is 0 Å². The second kappa shape index (κ2) is 11.0. The maximum absolute atomic E-state index is 12.6. The molecule has 0 saturated heterocycles. The lowest BCUT2D eigenvalue weighted by Gasteiger charge is -2.11. The molecule has 4 aromatic rings. The van der Waals surface area contributed by atoms with Crippen LogP contribution in [0.3, 0.4) is 0 Å². The van der Waals surface area contributed by atoms with Crippen LogP contribution in [0.5, 0.6) is 5.75 Å². The maximum Gasteiger partial charge on any atom is 0.250 e. The molecule has 0 atom stereocenters. The fourth-order valence-corrected chi connectivity index (χ4v) is 4.22. The molecule has 0 bridgehead atoms. The number of hydrazone groups is 1. The Morgan fingerprint density at radius 1 is 0.943 bits per heavy atom. The molecule has 0 saturated carbocycles. The van der Waals surface area contributed by atoms with Crippen molar-refractivity contribution in [2.24, 2.45) is 5.10 Å². The predicted octanol–water partition coefficient (Wildman–Crippen LogP) is 5.28. The van der Waals surface area contributed by atoms with Crippen molar-refractivity contribution in [3.63, 3.8) is 0 Å². The smallest absolute Gasteiger partial charge is 0.250 e. The van der Waals surface area contributed by atoms with Gasteiger partial charge in [0, 0.05) is 11.3 Å². The van der Waals surface area contributed by atoms with E-state index in [9.17, 15) is 9.90 Å². The molecule has 0 aliphatic rings. The van der Waals surface area contributed by atoms with Crippen LogP contribution in [0, 0.1) is 13.8 Å². The summed E-state index contributed by atoms with van der Waals surface area (Å²) >= 11 is 1.30. The van der Waals surface area contributed by atoms with E-state index in [-0.39, 0.29) is 17.4 Å². The number of nitrogens with zero attached hydrogens (tertiary/aromatic N) is 4. The Morgan fingerprint density at radius 2 is 1.57 bits per heavy atom. The highest BCUT2D eigenvalue weighted by Crippen LogP contribution is 2.28. The second-order valence-electron chi connectivity index (χ2n) is 8.13. The third kappa shape index (κ3) is 5.96. The SMILES string of the molecule is CCC(=NNC(=O)CSc1nnc(-c2ccc(C)cc2)n1-c1ccc(C)cc1)c1ccc(O)cc1. The number of hydrogen-bond donors (Lipinski definition) is 2. The summed E-state index contributed by atoms with van der Waals surface area (Å²) < 4.78 is 1.97. The van der Waals surface area contributed by atoms with E-state index in [0.29, 0.717) is 11.6 Å². The van der Waals surface area contributed by atoms with Crippen LogP contribution < -0.4 is 5.43 Å². The molecular formula is C27H27N5O2S. The van der Waals surface area contributed by atoms with Crippen molar-refractivity contribution in [3.8, 4) is 22.8 Å². The fourth-order valence-electron chi connectivity index (χ4n) is 3.47. The molecule has 2 N–H and O–H groups in total. The number of phenolic OH excluding ortho intramolecular Hbond substituents is 1. The molecule has 0 unspecified atom stereocenters. The van der Waals surface area contributed by atoms with Crippen molar-refractivity contribution in [2.75, 3.05) is 5.75 Å². The summed E-state index contributed by atoms with van der Waals surface area (Å²) in [4.78, 5) is 12.6. The van der Waals surface area contributed by atoms with Crippen LogP contribution in [0.4, 0.5) is 0 Å². The Balaban J connectivity index is 1.53. The van der Waals surface area contributed by atoms with Crippen molar-refractivity contribution in [1.82, 2.24) is 20.2 Å². The number of aromatic nitrogens is 3. The van der Waals surface area contributed by atoms with Crippen molar-refractivity contribution in [3.05, 3.63) is 89.5 Å². The first kappa shape index (κ1) is 24.2. The average Bonchev–Trinajstić information content (AvgIpc) is 3.29. The van der Waals surface area contributed by atoms with Crippen LogP contribution >= 0.6 is 11.8 Å². The average molecular weight is 486 g/mol. The second-order valence-corrected chi connectivity index (χ2v) is 9.07. The normalized spacial score (nSPS) is 11.5. The van der Waals surface area contributed by atoms with Crippen LogP contribution in [0.1, 0.15) is 30.0 Å². The predicted molar refractivity (Wildman–Crippen MR) is 140 cm³/mol. The molecule has 0 radical (unpaired) electrons. The summed E-state index contributed by atoms with van der Waals surface area (Å²) in [6.45, 7) is 6.05. The minimum Gasteiger partial charge on any atom is -0.508 e. The number of thioether (sulfide) groups is 1. The molecule has 3 aromatic carbocycles. The monoisotopic (exact) mass is 485 g/mol. The molecule has 1 amide bonds. The summed E-state index contributed by atoms with van der Waals surface area (Å²) in [7, 11) is 0. The lowest BCUT2D eigenvalue weighted by atomic mass is 10.1. The maximum atomic E-state index is 12.6. The number of amides is 1. The van der Waals surface area contributed by atoms with Crippen molar-refractivity contribution in [2.45, 2.75) is 32.3 Å². The Bertz CT molecular complexity index is 1330. The third-order valence-corrected chi connectivity index (χ3v) is 6.35. The summed E-state index contributed by atoms with van der Waals surface area (Å²) in [6, 6.07) is 23.0. The summed E-state index contributed by atoms with van der Waals surface area (Å²) in [5.41, 5.74) is 8.42. The van der Waals surface area contributed by atoms with Crippen LogP contribution in [0.2, 0.25) is 0 Å². The Hall–Kier alpha value is -3.91. The quantitative estimate of drug-likeness (QED) is 0.201. The molecule has 0 aliphatic heterocycles. The standard InChI is InChI=1S/C27H27N5O2S/c1-4-24(20-11-15-23(33)16-12-20)28-29-25(34)17-35-27-31-30-26(21-9-5-18(2)6-10-21)32(27)22-13-7-19(3)8-14-22/h5-16,33H,4,17H2,1-3H3,(H,29,34). The van der Waals surface area contributed by atoms with E-state index in [2.05, 4.69) is 20.7 Å². The number of carbonyl (C=O) groups is 1. The van der Waals surface area contributed by atoms with Crippen molar-refractivity contribution >= 4 is 23.4 Å². The summed E-state index contributed by atoms with van der Waals surface area (Å²) in [5, 5.41) is 23.2. The fraction of sp³-hybridized carbons (Fsp3) is 0.185. The molecule has 35 heavy (non-hydrogen) atoms. The molecule has 0 aliphatic carbocycles.